The van der Waals surface area contributed by atoms with Gasteiger partial charge in [-0.2, -0.15) is 0 Å². The predicted molar refractivity (Wildman–Crippen MR) is 100 cm³/mol. The van der Waals surface area contributed by atoms with Gasteiger partial charge in [0.1, 0.15) is 22.9 Å². The number of aryl methyl sites for hydroxylation is 2. The Morgan fingerprint density at radius 2 is 1.85 bits per heavy atom. The molecule has 0 saturated carbocycles. The highest BCUT2D eigenvalue weighted by atomic mass is 16.5. The Labute approximate surface area is 151 Å². The van der Waals surface area contributed by atoms with E-state index in [2.05, 4.69) is 4.98 Å². The fraction of sp³-hybridized carbons (Fsp3) is 0.238. The number of carbonyl (C=O) groups is 1. The number of hydrogen-bond donors (Lipinski definition) is 2. The molecule has 0 atom stereocenters. The number of hydrogen-bond acceptors (Lipinski definition) is 4. The summed E-state index contributed by atoms with van der Waals surface area (Å²) in [6.07, 6.45) is 0. The van der Waals surface area contributed by atoms with Crippen molar-refractivity contribution in [3.8, 4) is 17.2 Å². The van der Waals surface area contributed by atoms with Crippen LogP contribution in [0.25, 0.3) is 10.9 Å². The number of aromatic hydroxyl groups is 1. The molecule has 0 saturated heterocycles. The Morgan fingerprint density at radius 1 is 1.12 bits per heavy atom. The van der Waals surface area contributed by atoms with Crippen molar-refractivity contribution < 1.29 is 19.7 Å². The van der Waals surface area contributed by atoms with Gasteiger partial charge in [-0.25, -0.2) is 9.78 Å². The lowest BCUT2D eigenvalue weighted by molar-refractivity contribution is 0.0691. The van der Waals surface area contributed by atoms with Gasteiger partial charge in [-0.3, -0.25) is 0 Å². The summed E-state index contributed by atoms with van der Waals surface area (Å²) in [6.45, 7) is 7.85. The number of carboxylic acids is 1. The number of ether oxygens (including phenoxy) is 1. The van der Waals surface area contributed by atoms with Crippen LogP contribution in [0, 0.1) is 13.8 Å². The van der Waals surface area contributed by atoms with Gasteiger partial charge in [-0.1, -0.05) is 13.8 Å². The van der Waals surface area contributed by atoms with Gasteiger partial charge in [-0.05, 0) is 61.7 Å². The van der Waals surface area contributed by atoms with Gasteiger partial charge in [0.15, 0.2) is 0 Å². The average molecular weight is 351 g/mol. The molecule has 3 aromatic rings. The molecule has 5 nitrogen and oxygen atoms in total. The third-order valence-corrected chi connectivity index (χ3v) is 4.44. The molecule has 1 aromatic heterocycles. The first kappa shape index (κ1) is 17.7. The van der Waals surface area contributed by atoms with Crippen molar-refractivity contribution in [3.63, 3.8) is 0 Å². The number of benzene rings is 2. The van der Waals surface area contributed by atoms with Crippen LogP contribution in [0.3, 0.4) is 0 Å². The van der Waals surface area contributed by atoms with E-state index in [1.807, 2.05) is 39.8 Å². The van der Waals surface area contributed by atoms with Crippen LogP contribution in [0.2, 0.25) is 0 Å². The van der Waals surface area contributed by atoms with E-state index in [4.69, 9.17) is 9.84 Å². The molecule has 0 fully saturated rings. The quantitative estimate of drug-likeness (QED) is 0.678. The van der Waals surface area contributed by atoms with Gasteiger partial charge in [0.2, 0.25) is 0 Å². The molecule has 2 aromatic carbocycles. The molecule has 5 heteroatoms. The summed E-state index contributed by atoms with van der Waals surface area (Å²) in [7, 11) is 0. The molecule has 0 aliphatic carbocycles. The number of aromatic nitrogens is 1. The Morgan fingerprint density at radius 3 is 2.50 bits per heavy atom. The normalized spacial score (nSPS) is 11.1. The molecule has 134 valence electrons. The number of carboxylic acid groups (broad SMARTS) is 1. The third-order valence-electron chi connectivity index (χ3n) is 4.44. The molecule has 0 radical (unpaired) electrons. The molecular weight excluding hydrogens is 330 g/mol. The van der Waals surface area contributed by atoms with Gasteiger partial charge >= 0.3 is 5.97 Å². The molecule has 0 bridgehead atoms. The maximum atomic E-state index is 11.1. The minimum atomic E-state index is -1.05. The van der Waals surface area contributed by atoms with E-state index in [1.165, 1.54) is 6.07 Å². The van der Waals surface area contributed by atoms with Crippen molar-refractivity contribution in [1.82, 2.24) is 4.98 Å². The second-order valence-electron chi connectivity index (χ2n) is 6.69. The maximum absolute atomic E-state index is 11.1. The van der Waals surface area contributed by atoms with E-state index < -0.39 is 5.97 Å². The summed E-state index contributed by atoms with van der Waals surface area (Å²) in [4.78, 5) is 15.3. The van der Waals surface area contributed by atoms with Crippen molar-refractivity contribution in [2.24, 2.45) is 0 Å². The van der Waals surface area contributed by atoms with Crippen molar-refractivity contribution >= 4 is 16.9 Å². The Kier molecular flexibility index (Phi) is 4.55. The number of pyridine rings is 1. The van der Waals surface area contributed by atoms with Crippen molar-refractivity contribution in [2.45, 2.75) is 33.6 Å². The smallest absolute Gasteiger partial charge is 0.354 e. The number of aromatic carboxylic acids is 1. The Hall–Kier alpha value is -3.08. The van der Waals surface area contributed by atoms with Crippen molar-refractivity contribution in [2.75, 3.05) is 0 Å². The number of fused-ring (bicyclic) bond motifs is 1. The summed E-state index contributed by atoms with van der Waals surface area (Å²) in [5.41, 5.74) is 3.23. The summed E-state index contributed by atoms with van der Waals surface area (Å²) in [5.74, 6) is 0.739. The first-order chi connectivity index (χ1) is 12.3. The van der Waals surface area contributed by atoms with Gasteiger partial charge < -0.3 is 14.9 Å². The van der Waals surface area contributed by atoms with Gasteiger partial charge in [0, 0.05) is 16.5 Å². The topological polar surface area (TPSA) is 79.7 Å². The zero-order valence-corrected chi connectivity index (χ0v) is 15.2. The molecule has 0 spiro atoms. The highest BCUT2D eigenvalue weighted by Crippen LogP contribution is 2.36. The molecule has 0 amide bonds. The third kappa shape index (κ3) is 3.20. The Bertz CT molecular complexity index is 1010. The minimum Gasteiger partial charge on any atom is -0.508 e. The van der Waals surface area contributed by atoms with E-state index in [9.17, 15) is 9.90 Å². The molecule has 1 heterocycles. The fourth-order valence-electron chi connectivity index (χ4n) is 3.04. The van der Waals surface area contributed by atoms with E-state index in [0.29, 0.717) is 17.0 Å². The van der Waals surface area contributed by atoms with Crippen LogP contribution in [-0.2, 0) is 0 Å². The molecule has 26 heavy (non-hydrogen) atoms. The van der Waals surface area contributed by atoms with Crippen LogP contribution < -0.4 is 4.74 Å². The van der Waals surface area contributed by atoms with Crippen molar-refractivity contribution in [1.29, 1.82) is 0 Å². The van der Waals surface area contributed by atoms with Crippen LogP contribution in [-0.4, -0.2) is 21.2 Å². The Balaban J connectivity index is 2.07. The summed E-state index contributed by atoms with van der Waals surface area (Å²) in [6, 6.07) is 10.3. The first-order valence-electron chi connectivity index (χ1n) is 8.43. The van der Waals surface area contributed by atoms with Gasteiger partial charge in [-0.15, -0.1) is 0 Å². The highest BCUT2D eigenvalue weighted by molar-refractivity contribution is 5.92. The van der Waals surface area contributed by atoms with Crippen LogP contribution in [0.4, 0.5) is 0 Å². The first-order valence-corrected chi connectivity index (χ1v) is 8.43. The van der Waals surface area contributed by atoms with Crippen LogP contribution in [0.5, 0.6) is 17.2 Å². The highest BCUT2D eigenvalue weighted by Gasteiger charge is 2.14. The number of phenols is 1. The lowest BCUT2D eigenvalue weighted by Gasteiger charge is -2.16. The monoisotopic (exact) mass is 351 g/mol. The van der Waals surface area contributed by atoms with Crippen molar-refractivity contribution in [3.05, 3.63) is 58.8 Å². The van der Waals surface area contributed by atoms with E-state index >= 15 is 0 Å². The molecule has 0 aliphatic heterocycles. The molecule has 0 aliphatic rings. The summed E-state index contributed by atoms with van der Waals surface area (Å²) < 4.78 is 6.12. The SMILES string of the molecule is Cc1cc2nc(C(=O)O)ccc2c(C)c1Oc1ccc(O)c(C(C)C)c1. The van der Waals surface area contributed by atoms with E-state index in [1.54, 1.807) is 18.2 Å². The second-order valence-corrected chi connectivity index (χ2v) is 6.69. The number of phenolic OH excluding ortho intramolecular Hbond substituents is 1. The number of nitrogens with zero attached hydrogens (tertiary/aromatic N) is 1. The molecule has 2 N–H and O–H groups in total. The standard InChI is InChI=1S/C21H21NO4/c1-11(2)16-10-14(5-8-19(16)23)26-20-12(3)9-18-15(13(20)4)6-7-17(22-18)21(24)25/h5-11,23H,1-4H3,(H,24,25). The fourth-order valence-corrected chi connectivity index (χ4v) is 3.04. The molecule has 3 rings (SSSR count). The van der Waals surface area contributed by atoms with Crippen LogP contribution >= 0.6 is 0 Å². The lowest BCUT2D eigenvalue weighted by atomic mass is 10.0. The molecule has 0 unspecified atom stereocenters. The van der Waals surface area contributed by atoms with Crippen LogP contribution in [0.1, 0.15) is 46.9 Å². The van der Waals surface area contributed by atoms with E-state index in [0.717, 1.165) is 22.1 Å². The van der Waals surface area contributed by atoms with Gasteiger partial charge in [0.05, 0.1) is 5.52 Å². The van der Waals surface area contributed by atoms with Gasteiger partial charge in [0.25, 0.3) is 0 Å². The second kappa shape index (κ2) is 6.67. The summed E-state index contributed by atoms with van der Waals surface area (Å²) >= 11 is 0. The zero-order chi connectivity index (χ0) is 19.0. The maximum Gasteiger partial charge on any atom is 0.354 e. The average Bonchev–Trinajstić information content (AvgIpc) is 2.59. The zero-order valence-electron chi connectivity index (χ0n) is 15.2. The lowest BCUT2D eigenvalue weighted by Crippen LogP contribution is -2.01. The summed E-state index contributed by atoms with van der Waals surface area (Å²) in [5, 5.41) is 19.9. The molecular formula is C21H21NO4. The number of rotatable bonds is 4. The van der Waals surface area contributed by atoms with E-state index in [-0.39, 0.29) is 17.4 Å². The minimum absolute atomic E-state index is 0.0186. The largest absolute Gasteiger partial charge is 0.508 e. The van der Waals surface area contributed by atoms with Crippen LogP contribution in [0.15, 0.2) is 36.4 Å². The predicted octanol–water partition coefficient (Wildman–Crippen LogP) is 5.17.